The number of carbonyl (C=O) groups is 3. The van der Waals surface area contributed by atoms with Gasteiger partial charge in [0.1, 0.15) is 12.4 Å². The molecule has 2 aromatic carbocycles. The molecule has 3 amide bonds. The van der Waals surface area contributed by atoms with E-state index in [1.807, 2.05) is 12.1 Å². The Kier molecular flexibility index (Phi) is 6.32. The third-order valence-corrected chi connectivity index (χ3v) is 5.57. The molecule has 2 aliphatic heterocycles. The van der Waals surface area contributed by atoms with Gasteiger partial charge in [-0.25, -0.2) is 0 Å². The van der Waals surface area contributed by atoms with Crippen LogP contribution in [0.5, 0.6) is 5.75 Å². The van der Waals surface area contributed by atoms with E-state index in [9.17, 15) is 14.4 Å². The SMILES string of the molecule is CC1CC(=O)N(c2cccc(C(=O)Nc3ccccc3OCC3CCCCO3)c2)C1=O. The molecule has 2 atom stereocenters. The molecule has 1 N–H and O–H groups in total. The lowest BCUT2D eigenvalue weighted by Crippen LogP contribution is -2.30. The third kappa shape index (κ3) is 4.77. The van der Waals surface area contributed by atoms with Gasteiger partial charge in [0.15, 0.2) is 0 Å². The smallest absolute Gasteiger partial charge is 0.255 e. The average molecular weight is 422 g/mol. The number of nitrogens with one attached hydrogen (secondary N) is 1. The van der Waals surface area contributed by atoms with E-state index in [0.717, 1.165) is 30.8 Å². The van der Waals surface area contributed by atoms with Crippen LogP contribution in [0.2, 0.25) is 0 Å². The Labute approximate surface area is 181 Å². The lowest BCUT2D eigenvalue weighted by Gasteiger charge is -2.23. The molecule has 2 fully saturated rings. The maximum absolute atomic E-state index is 12.9. The fourth-order valence-corrected chi connectivity index (χ4v) is 3.85. The molecule has 0 aromatic heterocycles. The second-order valence-electron chi connectivity index (χ2n) is 7.97. The average Bonchev–Trinajstić information content (AvgIpc) is 3.05. The summed E-state index contributed by atoms with van der Waals surface area (Å²) >= 11 is 0. The van der Waals surface area contributed by atoms with Crippen molar-refractivity contribution in [1.82, 2.24) is 0 Å². The van der Waals surface area contributed by atoms with Crippen LogP contribution >= 0.6 is 0 Å². The number of ether oxygens (including phenoxy) is 2. The topological polar surface area (TPSA) is 84.9 Å². The van der Waals surface area contributed by atoms with E-state index >= 15 is 0 Å². The first kappa shape index (κ1) is 21.1. The standard InChI is InChI=1S/C24H26N2O5/c1-16-13-22(27)26(24(16)29)18-8-6-7-17(14-18)23(28)25-20-10-2-3-11-21(20)31-15-19-9-4-5-12-30-19/h2-3,6-8,10-11,14,16,19H,4-5,9,12-13,15H2,1H3,(H,25,28). The van der Waals surface area contributed by atoms with E-state index in [0.29, 0.717) is 29.3 Å². The molecule has 2 aromatic rings. The van der Waals surface area contributed by atoms with Crippen LogP contribution in [0.1, 0.15) is 43.0 Å². The van der Waals surface area contributed by atoms with Crippen LogP contribution < -0.4 is 15.0 Å². The monoisotopic (exact) mass is 422 g/mol. The highest BCUT2D eigenvalue weighted by atomic mass is 16.5. The first-order valence-electron chi connectivity index (χ1n) is 10.6. The van der Waals surface area contributed by atoms with Crippen molar-refractivity contribution in [2.75, 3.05) is 23.4 Å². The molecule has 0 spiro atoms. The highest BCUT2D eigenvalue weighted by Crippen LogP contribution is 2.28. The largest absolute Gasteiger partial charge is 0.489 e. The molecule has 4 rings (SSSR count). The predicted octanol–water partition coefficient (Wildman–Crippen LogP) is 3.79. The van der Waals surface area contributed by atoms with Gasteiger partial charge in [0, 0.05) is 24.5 Å². The molecular formula is C24H26N2O5. The Morgan fingerprint density at radius 2 is 2.00 bits per heavy atom. The molecule has 7 heteroatoms. The molecule has 0 radical (unpaired) electrons. The Hall–Kier alpha value is -3.19. The van der Waals surface area contributed by atoms with Crippen LogP contribution in [0.25, 0.3) is 0 Å². The second kappa shape index (κ2) is 9.31. The van der Waals surface area contributed by atoms with Gasteiger partial charge in [-0.3, -0.25) is 19.3 Å². The van der Waals surface area contributed by atoms with Crippen molar-refractivity contribution in [3.8, 4) is 5.75 Å². The number of carbonyl (C=O) groups excluding carboxylic acids is 3. The molecule has 7 nitrogen and oxygen atoms in total. The Morgan fingerprint density at radius 3 is 2.74 bits per heavy atom. The maximum Gasteiger partial charge on any atom is 0.255 e. The van der Waals surface area contributed by atoms with Crippen LogP contribution in [-0.2, 0) is 14.3 Å². The van der Waals surface area contributed by atoms with Gasteiger partial charge in [0.25, 0.3) is 5.91 Å². The number of imide groups is 1. The number of amides is 3. The van der Waals surface area contributed by atoms with Gasteiger partial charge in [-0.15, -0.1) is 0 Å². The highest BCUT2D eigenvalue weighted by Gasteiger charge is 2.36. The number of rotatable bonds is 6. The molecule has 162 valence electrons. The zero-order valence-electron chi connectivity index (χ0n) is 17.5. The molecule has 0 saturated carbocycles. The molecule has 0 aliphatic carbocycles. The fourth-order valence-electron chi connectivity index (χ4n) is 3.85. The molecule has 0 bridgehead atoms. The second-order valence-corrected chi connectivity index (χ2v) is 7.97. The van der Waals surface area contributed by atoms with E-state index in [1.165, 1.54) is 0 Å². The number of hydrogen-bond donors (Lipinski definition) is 1. The molecule has 2 aliphatic rings. The van der Waals surface area contributed by atoms with Crippen LogP contribution in [0.15, 0.2) is 48.5 Å². The number of nitrogens with zero attached hydrogens (tertiary/aromatic N) is 1. The quantitative estimate of drug-likeness (QED) is 0.716. The summed E-state index contributed by atoms with van der Waals surface area (Å²) in [5.74, 6) is -0.619. The van der Waals surface area contributed by atoms with Crippen LogP contribution in [-0.4, -0.2) is 37.0 Å². The highest BCUT2D eigenvalue weighted by molar-refractivity contribution is 6.21. The first-order chi connectivity index (χ1) is 15.0. The van der Waals surface area contributed by atoms with Gasteiger partial charge in [0.05, 0.1) is 17.5 Å². The van der Waals surface area contributed by atoms with Crippen molar-refractivity contribution in [3.63, 3.8) is 0 Å². The number of hydrogen-bond acceptors (Lipinski definition) is 5. The van der Waals surface area contributed by atoms with Crippen molar-refractivity contribution < 1.29 is 23.9 Å². The van der Waals surface area contributed by atoms with E-state index in [2.05, 4.69) is 5.32 Å². The number of anilines is 2. The van der Waals surface area contributed by atoms with Crippen molar-refractivity contribution in [1.29, 1.82) is 0 Å². The van der Waals surface area contributed by atoms with Crippen molar-refractivity contribution in [2.24, 2.45) is 5.92 Å². The molecule has 2 unspecified atom stereocenters. The zero-order chi connectivity index (χ0) is 21.8. The van der Waals surface area contributed by atoms with Crippen LogP contribution in [0, 0.1) is 5.92 Å². The predicted molar refractivity (Wildman–Crippen MR) is 116 cm³/mol. The van der Waals surface area contributed by atoms with E-state index in [4.69, 9.17) is 9.47 Å². The lowest BCUT2D eigenvalue weighted by atomic mass is 10.1. The summed E-state index contributed by atoms with van der Waals surface area (Å²) in [4.78, 5) is 38.5. The van der Waals surface area contributed by atoms with Crippen molar-refractivity contribution in [2.45, 2.75) is 38.7 Å². The summed E-state index contributed by atoms with van der Waals surface area (Å²) in [6.45, 7) is 2.91. The summed E-state index contributed by atoms with van der Waals surface area (Å²) in [7, 11) is 0. The van der Waals surface area contributed by atoms with Gasteiger partial charge in [-0.2, -0.15) is 0 Å². The molecule has 2 saturated heterocycles. The van der Waals surface area contributed by atoms with Gasteiger partial charge in [-0.1, -0.05) is 25.1 Å². The Bertz CT molecular complexity index is 983. The van der Waals surface area contributed by atoms with Crippen molar-refractivity contribution >= 4 is 29.1 Å². The lowest BCUT2D eigenvalue weighted by molar-refractivity contribution is -0.122. The minimum atomic E-state index is -0.348. The minimum Gasteiger partial charge on any atom is -0.489 e. The summed E-state index contributed by atoms with van der Waals surface area (Å²) < 4.78 is 11.6. The van der Waals surface area contributed by atoms with Gasteiger partial charge >= 0.3 is 0 Å². The molecular weight excluding hydrogens is 396 g/mol. The number of benzene rings is 2. The summed E-state index contributed by atoms with van der Waals surface area (Å²) in [5, 5.41) is 2.87. The van der Waals surface area contributed by atoms with Crippen LogP contribution in [0.3, 0.4) is 0 Å². The van der Waals surface area contributed by atoms with E-state index < -0.39 is 0 Å². The van der Waals surface area contributed by atoms with E-state index in [1.54, 1.807) is 43.3 Å². The fraction of sp³-hybridized carbons (Fsp3) is 0.375. The summed E-state index contributed by atoms with van der Waals surface area (Å²) in [5.41, 5.74) is 1.31. The summed E-state index contributed by atoms with van der Waals surface area (Å²) in [6.07, 6.45) is 3.42. The van der Waals surface area contributed by atoms with Gasteiger partial charge < -0.3 is 14.8 Å². The van der Waals surface area contributed by atoms with Crippen molar-refractivity contribution in [3.05, 3.63) is 54.1 Å². The van der Waals surface area contributed by atoms with E-state index in [-0.39, 0.29) is 36.2 Å². The molecule has 31 heavy (non-hydrogen) atoms. The zero-order valence-corrected chi connectivity index (χ0v) is 17.5. The maximum atomic E-state index is 12.9. The van der Waals surface area contributed by atoms with Gasteiger partial charge in [0.2, 0.25) is 11.8 Å². The normalized spacial score (nSPS) is 21.3. The minimum absolute atomic E-state index is 0.0621. The molecule has 2 heterocycles. The Morgan fingerprint density at radius 1 is 1.16 bits per heavy atom. The first-order valence-corrected chi connectivity index (χ1v) is 10.6. The third-order valence-electron chi connectivity index (χ3n) is 5.57. The van der Waals surface area contributed by atoms with Gasteiger partial charge in [-0.05, 0) is 49.6 Å². The Balaban J connectivity index is 1.46. The summed E-state index contributed by atoms with van der Waals surface area (Å²) in [6, 6.07) is 13.8. The number of para-hydroxylation sites is 2. The van der Waals surface area contributed by atoms with Crippen LogP contribution in [0.4, 0.5) is 11.4 Å².